The molecule has 0 radical (unpaired) electrons. The number of ketones is 1. The molecule has 0 aliphatic heterocycles. The van der Waals surface area contributed by atoms with Crippen LogP contribution in [0, 0.1) is 12.3 Å². The van der Waals surface area contributed by atoms with Gasteiger partial charge in [0.05, 0.1) is 6.54 Å². The summed E-state index contributed by atoms with van der Waals surface area (Å²) in [5.74, 6) is 0.278. The second kappa shape index (κ2) is 4.30. The van der Waals surface area contributed by atoms with Gasteiger partial charge in [-0.3, -0.25) is 4.79 Å². The Morgan fingerprint density at radius 2 is 2.21 bits per heavy atom. The van der Waals surface area contributed by atoms with E-state index < -0.39 is 0 Å². The molecule has 4 heteroatoms. The van der Waals surface area contributed by atoms with Crippen LogP contribution in [-0.4, -0.2) is 15.3 Å². The monoisotopic (exact) mass is 274 g/mol. The van der Waals surface area contributed by atoms with Crippen LogP contribution < -0.4 is 0 Å². The van der Waals surface area contributed by atoms with E-state index >= 15 is 0 Å². The molecule has 0 N–H and O–H groups in total. The lowest BCUT2D eigenvalue weighted by atomic mass is 9.76. The molecule has 0 aromatic carbocycles. The number of hydrogen-bond donors (Lipinski definition) is 0. The zero-order valence-electron chi connectivity index (χ0n) is 11.6. The van der Waals surface area contributed by atoms with Crippen molar-refractivity contribution in [3.05, 3.63) is 39.6 Å². The number of Topliss-reactive ketones (excluding diaryl/α,β-unsaturated/α-hetero) is 1. The number of nitrogens with zero attached hydrogens (tertiary/aromatic N) is 2. The minimum atomic E-state index is 0.0684. The minimum absolute atomic E-state index is 0.0684. The fourth-order valence-corrected chi connectivity index (χ4v) is 3.54. The first-order valence-electron chi connectivity index (χ1n) is 6.57. The van der Waals surface area contributed by atoms with Crippen LogP contribution >= 0.6 is 11.3 Å². The highest BCUT2D eigenvalue weighted by Gasteiger charge is 2.32. The van der Waals surface area contributed by atoms with Crippen molar-refractivity contribution in [2.45, 2.75) is 40.2 Å². The molecule has 0 fully saturated rings. The summed E-state index contributed by atoms with van der Waals surface area (Å²) in [4.78, 5) is 16.6. The Morgan fingerprint density at radius 3 is 2.89 bits per heavy atom. The van der Waals surface area contributed by atoms with Gasteiger partial charge in [0.1, 0.15) is 5.01 Å². The van der Waals surface area contributed by atoms with E-state index in [1.807, 2.05) is 19.2 Å². The molecule has 100 valence electrons. The molecule has 3 rings (SSSR count). The van der Waals surface area contributed by atoms with Gasteiger partial charge >= 0.3 is 0 Å². The van der Waals surface area contributed by atoms with E-state index in [1.165, 1.54) is 5.69 Å². The van der Waals surface area contributed by atoms with E-state index in [-0.39, 0.29) is 11.2 Å². The first kappa shape index (κ1) is 12.6. The maximum Gasteiger partial charge on any atom is 0.165 e. The molecule has 0 bridgehead atoms. The molecule has 0 atom stereocenters. The summed E-state index contributed by atoms with van der Waals surface area (Å²) < 4.78 is 2.19. The standard InChI is InChI=1S/C15H18N2OS/c1-10-9-19-14(16-10)8-17-5-4-11-12(17)6-15(2,3)7-13(11)18/h4-5,9H,6-8H2,1-3H3. The second-order valence-electron chi connectivity index (χ2n) is 6.13. The van der Waals surface area contributed by atoms with Gasteiger partial charge in [-0.05, 0) is 24.8 Å². The third kappa shape index (κ3) is 2.37. The van der Waals surface area contributed by atoms with Crippen LogP contribution in [0.1, 0.15) is 47.0 Å². The van der Waals surface area contributed by atoms with E-state index in [2.05, 4.69) is 28.8 Å². The topological polar surface area (TPSA) is 34.9 Å². The van der Waals surface area contributed by atoms with Crippen LogP contribution in [0.4, 0.5) is 0 Å². The molecule has 0 unspecified atom stereocenters. The second-order valence-corrected chi connectivity index (χ2v) is 7.07. The Balaban J connectivity index is 1.95. The molecular formula is C15H18N2OS. The number of hydrogen-bond acceptors (Lipinski definition) is 3. The van der Waals surface area contributed by atoms with Gasteiger partial charge in [0.2, 0.25) is 0 Å². The number of rotatable bonds is 2. The highest BCUT2D eigenvalue weighted by atomic mass is 32.1. The SMILES string of the molecule is Cc1csc(Cn2ccc3c2CC(C)(C)CC3=O)n1. The average Bonchev–Trinajstić information content (AvgIpc) is 2.86. The largest absolute Gasteiger partial charge is 0.344 e. The van der Waals surface area contributed by atoms with Gasteiger partial charge in [-0.2, -0.15) is 0 Å². The van der Waals surface area contributed by atoms with Crippen LogP contribution in [0.25, 0.3) is 0 Å². The predicted octanol–water partition coefficient (Wildman–Crippen LogP) is 3.46. The molecule has 3 nitrogen and oxygen atoms in total. The van der Waals surface area contributed by atoms with Gasteiger partial charge < -0.3 is 4.57 Å². The minimum Gasteiger partial charge on any atom is -0.344 e. The summed E-state index contributed by atoms with van der Waals surface area (Å²) in [6.45, 7) is 7.12. The zero-order valence-corrected chi connectivity index (χ0v) is 12.4. The van der Waals surface area contributed by atoms with Crippen molar-refractivity contribution in [2.75, 3.05) is 0 Å². The van der Waals surface area contributed by atoms with E-state index in [4.69, 9.17) is 0 Å². The quantitative estimate of drug-likeness (QED) is 0.840. The van der Waals surface area contributed by atoms with Gasteiger partial charge in [-0.1, -0.05) is 13.8 Å². The molecule has 1 aliphatic rings. The summed E-state index contributed by atoms with van der Waals surface area (Å²) in [6.07, 6.45) is 3.65. The van der Waals surface area contributed by atoms with Gasteiger partial charge in [-0.25, -0.2) is 4.98 Å². The fourth-order valence-electron chi connectivity index (χ4n) is 2.77. The van der Waals surface area contributed by atoms with Crippen molar-refractivity contribution >= 4 is 17.1 Å². The highest BCUT2D eigenvalue weighted by Crippen LogP contribution is 2.35. The fraction of sp³-hybridized carbons (Fsp3) is 0.467. The third-order valence-electron chi connectivity index (χ3n) is 3.64. The number of carbonyl (C=O) groups excluding carboxylic acids is 1. The number of aromatic nitrogens is 2. The first-order valence-corrected chi connectivity index (χ1v) is 7.45. The molecule has 0 saturated heterocycles. The number of aryl methyl sites for hydroxylation is 1. The normalized spacial score (nSPS) is 17.5. The van der Waals surface area contributed by atoms with Crippen molar-refractivity contribution in [1.29, 1.82) is 0 Å². The first-order chi connectivity index (χ1) is 8.94. The molecule has 19 heavy (non-hydrogen) atoms. The molecule has 1 aliphatic carbocycles. The van der Waals surface area contributed by atoms with E-state index in [9.17, 15) is 4.79 Å². The summed E-state index contributed by atoms with van der Waals surface area (Å²) in [5.41, 5.74) is 3.22. The van der Waals surface area contributed by atoms with Gasteiger partial charge in [0.25, 0.3) is 0 Å². The Bertz CT molecular complexity index is 636. The lowest BCUT2D eigenvalue weighted by Gasteiger charge is -2.29. The van der Waals surface area contributed by atoms with Gasteiger partial charge in [0, 0.05) is 34.9 Å². The third-order valence-corrected chi connectivity index (χ3v) is 4.59. The van der Waals surface area contributed by atoms with Crippen molar-refractivity contribution in [3.8, 4) is 0 Å². The lowest BCUT2D eigenvalue weighted by molar-refractivity contribution is 0.0910. The highest BCUT2D eigenvalue weighted by molar-refractivity contribution is 7.09. The van der Waals surface area contributed by atoms with E-state index in [0.29, 0.717) is 6.42 Å². The van der Waals surface area contributed by atoms with Gasteiger partial charge in [0.15, 0.2) is 5.78 Å². The smallest absolute Gasteiger partial charge is 0.165 e. The summed E-state index contributed by atoms with van der Waals surface area (Å²) in [5, 5.41) is 3.17. The van der Waals surface area contributed by atoms with Crippen LogP contribution in [0.3, 0.4) is 0 Å². The number of thiazole rings is 1. The van der Waals surface area contributed by atoms with Crippen molar-refractivity contribution in [3.63, 3.8) is 0 Å². The van der Waals surface area contributed by atoms with Crippen LogP contribution in [0.5, 0.6) is 0 Å². The Labute approximate surface area is 117 Å². The number of carbonyl (C=O) groups is 1. The molecule has 0 amide bonds. The summed E-state index contributed by atoms with van der Waals surface area (Å²) >= 11 is 1.68. The lowest BCUT2D eigenvalue weighted by Crippen LogP contribution is -2.28. The predicted molar refractivity (Wildman–Crippen MR) is 76.8 cm³/mol. The number of fused-ring (bicyclic) bond motifs is 1. The molecule has 0 saturated carbocycles. The Morgan fingerprint density at radius 1 is 1.42 bits per heavy atom. The molecule has 0 spiro atoms. The molecule has 2 aromatic rings. The van der Waals surface area contributed by atoms with Crippen molar-refractivity contribution < 1.29 is 4.79 Å². The molecular weight excluding hydrogens is 256 g/mol. The average molecular weight is 274 g/mol. The van der Waals surface area contributed by atoms with Crippen molar-refractivity contribution in [2.24, 2.45) is 5.41 Å². The zero-order chi connectivity index (χ0) is 13.6. The van der Waals surface area contributed by atoms with E-state index in [1.54, 1.807) is 11.3 Å². The maximum atomic E-state index is 12.1. The summed E-state index contributed by atoms with van der Waals surface area (Å²) in [6, 6.07) is 1.97. The van der Waals surface area contributed by atoms with Gasteiger partial charge in [-0.15, -0.1) is 11.3 Å². The Hall–Kier alpha value is -1.42. The molecule has 2 heterocycles. The molecule has 2 aromatic heterocycles. The van der Waals surface area contributed by atoms with E-state index in [0.717, 1.165) is 29.2 Å². The Kier molecular flexibility index (Phi) is 2.86. The van der Waals surface area contributed by atoms with Crippen molar-refractivity contribution in [1.82, 2.24) is 9.55 Å². The van der Waals surface area contributed by atoms with Crippen LogP contribution in [0.2, 0.25) is 0 Å². The van der Waals surface area contributed by atoms with Crippen LogP contribution in [-0.2, 0) is 13.0 Å². The summed E-state index contributed by atoms with van der Waals surface area (Å²) in [7, 11) is 0. The maximum absolute atomic E-state index is 12.1. The van der Waals surface area contributed by atoms with Crippen LogP contribution in [0.15, 0.2) is 17.6 Å².